The van der Waals surface area contributed by atoms with Gasteiger partial charge in [-0.2, -0.15) is 0 Å². The van der Waals surface area contributed by atoms with Gasteiger partial charge in [0.25, 0.3) is 11.8 Å². The number of hydrogen-bond donors (Lipinski definition) is 2. The van der Waals surface area contributed by atoms with Crippen LogP contribution in [0.15, 0.2) is 30.5 Å². The van der Waals surface area contributed by atoms with Crippen molar-refractivity contribution in [2.75, 3.05) is 6.54 Å². The zero-order valence-corrected chi connectivity index (χ0v) is 13.4. The molecule has 0 radical (unpaired) electrons. The summed E-state index contributed by atoms with van der Waals surface area (Å²) >= 11 is 0. The van der Waals surface area contributed by atoms with E-state index in [4.69, 9.17) is 4.84 Å². The standard InChI is InChI=1S/C17H19N3O4/c1-2-18-14(17(23)24-20-15(21)7-8-16(20)22)9-11-10-19-13-6-4-3-5-12(11)13/h3-6,10,14,18-19H,2,7-9H2,1H3/t14-/m0/s1. The molecule has 7 nitrogen and oxygen atoms in total. The largest absolute Gasteiger partial charge is 0.361 e. The van der Waals surface area contributed by atoms with E-state index in [0.29, 0.717) is 18.0 Å². The molecule has 0 saturated carbocycles. The molecule has 24 heavy (non-hydrogen) atoms. The second-order valence-electron chi connectivity index (χ2n) is 5.67. The Morgan fingerprint density at radius 2 is 2.00 bits per heavy atom. The highest BCUT2D eigenvalue weighted by molar-refractivity contribution is 6.01. The number of hydroxylamine groups is 2. The van der Waals surface area contributed by atoms with E-state index in [1.807, 2.05) is 37.4 Å². The summed E-state index contributed by atoms with van der Waals surface area (Å²) < 4.78 is 0. The van der Waals surface area contributed by atoms with Crippen molar-refractivity contribution in [1.82, 2.24) is 15.4 Å². The predicted octanol–water partition coefficient (Wildman–Crippen LogP) is 1.30. The van der Waals surface area contributed by atoms with Crippen LogP contribution < -0.4 is 5.32 Å². The summed E-state index contributed by atoms with van der Waals surface area (Å²) in [6, 6.07) is 7.16. The summed E-state index contributed by atoms with van der Waals surface area (Å²) in [6.45, 7) is 2.44. The second kappa shape index (κ2) is 6.84. The molecular formula is C17H19N3O4. The summed E-state index contributed by atoms with van der Waals surface area (Å²) in [7, 11) is 0. The van der Waals surface area contributed by atoms with Crippen molar-refractivity contribution in [2.45, 2.75) is 32.2 Å². The third-order valence-corrected chi connectivity index (χ3v) is 4.02. The van der Waals surface area contributed by atoms with Crippen LogP contribution in [0.3, 0.4) is 0 Å². The minimum atomic E-state index is -0.643. The number of fused-ring (bicyclic) bond motifs is 1. The fourth-order valence-electron chi connectivity index (χ4n) is 2.82. The van der Waals surface area contributed by atoms with E-state index in [2.05, 4.69) is 10.3 Å². The third kappa shape index (κ3) is 3.16. The van der Waals surface area contributed by atoms with Gasteiger partial charge in [0.05, 0.1) is 0 Å². The quantitative estimate of drug-likeness (QED) is 0.779. The third-order valence-electron chi connectivity index (χ3n) is 4.02. The number of rotatable bonds is 6. The number of aromatic nitrogens is 1. The van der Waals surface area contributed by atoms with Crippen molar-refractivity contribution >= 4 is 28.7 Å². The summed E-state index contributed by atoms with van der Waals surface area (Å²) in [6.07, 6.45) is 2.42. The summed E-state index contributed by atoms with van der Waals surface area (Å²) in [4.78, 5) is 43.8. The van der Waals surface area contributed by atoms with Crippen LogP contribution in [0.5, 0.6) is 0 Å². The molecular weight excluding hydrogens is 310 g/mol. The van der Waals surface area contributed by atoms with Gasteiger partial charge in [0.15, 0.2) is 0 Å². The molecule has 1 aliphatic heterocycles. The smallest absolute Gasteiger partial charge is 0.350 e. The molecule has 1 aromatic carbocycles. The number of nitrogens with zero attached hydrogens (tertiary/aromatic N) is 1. The first-order valence-corrected chi connectivity index (χ1v) is 7.96. The van der Waals surface area contributed by atoms with Crippen molar-refractivity contribution < 1.29 is 19.2 Å². The van der Waals surface area contributed by atoms with Crippen molar-refractivity contribution in [3.63, 3.8) is 0 Å². The molecule has 1 atom stereocenters. The Morgan fingerprint density at radius 3 is 2.71 bits per heavy atom. The lowest BCUT2D eigenvalue weighted by molar-refractivity contribution is -0.199. The van der Waals surface area contributed by atoms with Crippen LogP contribution in [0.4, 0.5) is 0 Å². The minimum Gasteiger partial charge on any atom is -0.361 e. The van der Waals surface area contributed by atoms with E-state index in [1.165, 1.54) is 0 Å². The number of benzene rings is 1. The van der Waals surface area contributed by atoms with Gasteiger partial charge >= 0.3 is 5.97 Å². The number of H-pyrrole nitrogens is 1. The molecule has 2 N–H and O–H groups in total. The lowest BCUT2D eigenvalue weighted by Crippen LogP contribution is -2.44. The first-order chi connectivity index (χ1) is 11.6. The molecule has 2 aromatic rings. The maximum atomic E-state index is 12.4. The molecule has 0 unspecified atom stereocenters. The number of carbonyl (C=O) groups is 3. The number of para-hydroxylation sites is 1. The molecule has 7 heteroatoms. The first kappa shape index (κ1) is 16.2. The summed E-state index contributed by atoms with van der Waals surface area (Å²) in [5, 5.41) is 4.67. The number of amides is 2. The molecule has 2 heterocycles. The number of carbonyl (C=O) groups excluding carboxylic acids is 3. The van der Waals surface area contributed by atoms with Crippen LogP contribution in [0.1, 0.15) is 25.3 Å². The van der Waals surface area contributed by atoms with Crippen molar-refractivity contribution in [2.24, 2.45) is 0 Å². The SMILES string of the molecule is CCN[C@@H](Cc1c[nH]c2ccccc12)C(=O)ON1C(=O)CCC1=O. The van der Waals surface area contributed by atoms with Crippen molar-refractivity contribution in [3.05, 3.63) is 36.0 Å². The van der Waals surface area contributed by atoms with E-state index in [9.17, 15) is 14.4 Å². The Balaban J connectivity index is 1.75. The summed E-state index contributed by atoms with van der Waals surface area (Å²) in [5.74, 6) is -1.59. The fourth-order valence-corrected chi connectivity index (χ4v) is 2.82. The molecule has 0 bridgehead atoms. The van der Waals surface area contributed by atoms with E-state index in [-0.39, 0.29) is 12.8 Å². The Morgan fingerprint density at radius 1 is 1.29 bits per heavy atom. The average molecular weight is 329 g/mol. The highest BCUT2D eigenvalue weighted by Crippen LogP contribution is 2.20. The monoisotopic (exact) mass is 329 g/mol. The predicted molar refractivity (Wildman–Crippen MR) is 86.6 cm³/mol. The molecule has 1 aliphatic rings. The van der Waals surface area contributed by atoms with Gasteiger partial charge in [0.1, 0.15) is 6.04 Å². The Hall–Kier alpha value is -2.67. The van der Waals surface area contributed by atoms with Crippen molar-refractivity contribution in [1.29, 1.82) is 0 Å². The highest BCUT2D eigenvalue weighted by atomic mass is 16.7. The minimum absolute atomic E-state index is 0.0838. The van der Waals surface area contributed by atoms with Gasteiger partial charge in [0.2, 0.25) is 0 Å². The second-order valence-corrected chi connectivity index (χ2v) is 5.67. The zero-order valence-electron chi connectivity index (χ0n) is 13.4. The molecule has 3 rings (SSSR count). The van der Waals surface area contributed by atoms with Gasteiger partial charge in [-0.05, 0) is 18.2 Å². The van der Waals surface area contributed by atoms with E-state index >= 15 is 0 Å². The molecule has 0 aliphatic carbocycles. The van der Waals surface area contributed by atoms with Gasteiger partial charge < -0.3 is 15.1 Å². The normalized spacial score (nSPS) is 16.0. The van der Waals surface area contributed by atoms with Crippen LogP contribution >= 0.6 is 0 Å². The number of imide groups is 1. The van der Waals surface area contributed by atoms with Crippen LogP contribution in [0.2, 0.25) is 0 Å². The molecule has 126 valence electrons. The fraction of sp³-hybridized carbons (Fsp3) is 0.353. The Kier molecular flexibility index (Phi) is 4.61. The van der Waals surface area contributed by atoms with E-state index in [0.717, 1.165) is 16.5 Å². The maximum absolute atomic E-state index is 12.4. The van der Waals surface area contributed by atoms with E-state index in [1.54, 1.807) is 0 Å². The summed E-state index contributed by atoms with van der Waals surface area (Å²) in [5.41, 5.74) is 1.95. The van der Waals surface area contributed by atoms with Gasteiger partial charge in [0, 0.05) is 36.4 Å². The number of aromatic amines is 1. The van der Waals surface area contributed by atoms with Gasteiger partial charge in [-0.15, -0.1) is 5.06 Å². The maximum Gasteiger partial charge on any atom is 0.350 e. The lowest BCUT2D eigenvalue weighted by Gasteiger charge is -2.19. The zero-order chi connectivity index (χ0) is 17.1. The highest BCUT2D eigenvalue weighted by Gasteiger charge is 2.34. The van der Waals surface area contributed by atoms with Gasteiger partial charge in [-0.1, -0.05) is 25.1 Å². The van der Waals surface area contributed by atoms with Gasteiger partial charge in [-0.25, -0.2) is 4.79 Å². The number of hydrogen-bond acceptors (Lipinski definition) is 5. The van der Waals surface area contributed by atoms with Crippen LogP contribution in [0.25, 0.3) is 10.9 Å². The number of nitrogens with one attached hydrogen (secondary N) is 2. The van der Waals surface area contributed by atoms with Crippen LogP contribution in [0, 0.1) is 0 Å². The molecule has 2 amide bonds. The molecule has 1 saturated heterocycles. The number of likely N-dealkylation sites (N-methyl/N-ethyl adjacent to an activating group) is 1. The Labute approximate surface area is 138 Å². The average Bonchev–Trinajstić information content (AvgIpc) is 3.13. The molecule has 1 aromatic heterocycles. The van der Waals surface area contributed by atoms with E-state index < -0.39 is 23.8 Å². The Bertz CT molecular complexity index is 767. The van der Waals surface area contributed by atoms with Crippen molar-refractivity contribution in [3.8, 4) is 0 Å². The molecule has 0 spiro atoms. The lowest BCUT2D eigenvalue weighted by atomic mass is 10.1. The van der Waals surface area contributed by atoms with Crippen LogP contribution in [-0.4, -0.2) is 40.4 Å². The first-order valence-electron chi connectivity index (χ1n) is 7.96. The van der Waals surface area contributed by atoms with Gasteiger partial charge in [-0.3, -0.25) is 9.59 Å². The topological polar surface area (TPSA) is 91.5 Å². The molecule has 1 fully saturated rings. The van der Waals surface area contributed by atoms with Crippen LogP contribution in [-0.2, 0) is 25.6 Å².